The van der Waals surface area contributed by atoms with E-state index >= 15 is 0 Å². The van der Waals surface area contributed by atoms with Crippen LogP contribution in [0.3, 0.4) is 0 Å². The molecule has 192 valence electrons. The number of Topliss-reactive ketones (excluding diaryl/α,β-unsaturated/α-hetero) is 2. The van der Waals surface area contributed by atoms with Gasteiger partial charge in [-0.05, 0) is 48.3 Å². The van der Waals surface area contributed by atoms with Gasteiger partial charge in [0.05, 0.1) is 0 Å². The SMILES string of the molecule is Cc1c(N2C=C(C(=O)C(F)(F)F)C(C)(C)CC2)cccc1N1C=C(C(=O)C(F)(F)F)C(C)(C)CC1. The molecular weight excluding hydrogens is 474 g/mol. The van der Waals surface area contributed by atoms with Gasteiger partial charge in [-0.25, -0.2) is 0 Å². The van der Waals surface area contributed by atoms with E-state index in [4.69, 9.17) is 0 Å². The number of anilines is 2. The second-order valence-electron chi connectivity index (χ2n) is 10.3. The first-order valence-electron chi connectivity index (χ1n) is 11.2. The van der Waals surface area contributed by atoms with Gasteiger partial charge in [-0.15, -0.1) is 0 Å². The fourth-order valence-electron chi connectivity index (χ4n) is 4.51. The molecule has 2 heterocycles. The van der Waals surface area contributed by atoms with Crippen LogP contribution >= 0.6 is 0 Å². The van der Waals surface area contributed by atoms with Crippen LogP contribution in [-0.4, -0.2) is 37.0 Å². The Morgan fingerprint density at radius 1 is 0.743 bits per heavy atom. The van der Waals surface area contributed by atoms with Crippen molar-refractivity contribution < 1.29 is 35.9 Å². The Balaban J connectivity index is 2.05. The van der Waals surface area contributed by atoms with Crippen molar-refractivity contribution in [2.75, 3.05) is 22.9 Å². The zero-order valence-electron chi connectivity index (χ0n) is 20.2. The average Bonchev–Trinajstić information content (AvgIpc) is 2.72. The summed E-state index contributed by atoms with van der Waals surface area (Å²) in [7, 11) is 0. The number of benzene rings is 1. The molecule has 0 amide bonds. The average molecular weight is 502 g/mol. The van der Waals surface area contributed by atoms with Gasteiger partial charge in [-0.3, -0.25) is 9.59 Å². The third-order valence-electron chi connectivity index (χ3n) is 6.88. The van der Waals surface area contributed by atoms with Crippen LogP contribution in [0.4, 0.5) is 37.7 Å². The fraction of sp³-hybridized carbons (Fsp3) is 0.520. The van der Waals surface area contributed by atoms with Crippen LogP contribution < -0.4 is 9.80 Å². The van der Waals surface area contributed by atoms with Gasteiger partial charge in [-0.1, -0.05) is 33.8 Å². The molecule has 0 N–H and O–H groups in total. The minimum Gasteiger partial charge on any atom is -0.347 e. The molecule has 2 aliphatic rings. The molecular formula is C25H28F6N2O2. The van der Waals surface area contributed by atoms with E-state index in [2.05, 4.69) is 0 Å². The molecule has 0 spiro atoms. The van der Waals surface area contributed by atoms with Crippen molar-refractivity contribution in [3.8, 4) is 0 Å². The molecule has 0 aliphatic carbocycles. The Morgan fingerprint density at radius 2 is 1.09 bits per heavy atom. The van der Waals surface area contributed by atoms with Gasteiger partial charge < -0.3 is 9.80 Å². The van der Waals surface area contributed by atoms with E-state index in [0.29, 0.717) is 42.9 Å². The van der Waals surface area contributed by atoms with Gasteiger partial charge >= 0.3 is 12.4 Å². The maximum atomic E-state index is 13.2. The second kappa shape index (κ2) is 8.71. The third-order valence-corrected chi connectivity index (χ3v) is 6.88. The summed E-state index contributed by atoms with van der Waals surface area (Å²) in [6.45, 7) is 8.76. The number of carbonyl (C=O) groups excluding carboxylic acids is 2. The molecule has 3 rings (SSSR count). The number of halogens is 6. The highest BCUT2D eigenvalue weighted by Gasteiger charge is 2.48. The number of alkyl halides is 6. The molecule has 2 aliphatic heterocycles. The van der Waals surface area contributed by atoms with Crippen molar-refractivity contribution >= 4 is 22.9 Å². The normalized spacial score (nSPS) is 20.3. The van der Waals surface area contributed by atoms with Gasteiger partial charge in [0.25, 0.3) is 11.6 Å². The molecule has 0 bridgehead atoms. The number of hydrogen-bond donors (Lipinski definition) is 0. The van der Waals surface area contributed by atoms with Crippen molar-refractivity contribution in [2.45, 2.75) is 59.8 Å². The minimum absolute atomic E-state index is 0.298. The summed E-state index contributed by atoms with van der Waals surface area (Å²) in [5.74, 6) is -3.78. The van der Waals surface area contributed by atoms with Crippen molar-refractivity contribution in [3.63, 3.8) is 0 Å². The molecule has 1 aromatic carbocycles. The zero-order valence-corrected chi connectivity index (χ0v) is 20.2. The van der Waals surface area contributed by atoms with Gasteiger partial charge in [0, 0.05) is 48.0 Å². The second-order valence-corrected chi connectivity index (χ2v) is 10.3. The van der Waals surface area contributed by atoms with Crippen LogP contribution in [0, 0.1) is 17.8 Å². The molecule has 0 saturated heterocycles. The van der Waals surface area contributed by atoms with Crippen LogP contribution in [0.15, 0.2) is 41.7 Å². The summed E-state index contributed by atoms with van der Waals surface area (Å²) in [6.07, 6.45) is -6.97. The van der Waals surface area contributed by atoms with Gasteiger partial charge in [-0.2, -0.15) is 26.3 Å². The van der Waals surface area contributed by atoms with E-state index in [-0.39, 0.29) is 11.1 Å². The molecule has 35 heavy (non-hydrogen) atoms. The number of nitrogens with zero attached hydrogens (tertiary/aromatic N) is 2. The zero-order chi connectivity index (χ0) is 26.6. The van der Waals surface area contributed by atoms with E-state index < -0.39 is 34.7 Å². The third kappa shape index (κ3) is 5.26. The summed E-state index contributed by atoms with van der Waals surface area (Å²) in [6, 6.07) is 5.01. The van der Waals surface area contributed by atoms with Crippen LogP contribution in [0.1, 0.15) is 46.1 Å². The largest absolute Gasteiger partial charge is 0.454 e. The number of ketones is 2. The van der Waals surface area contributed by atoms with Crippen molar-refractivity contribution in [1.82, 2.24) is 0 Å². The number of carbonyl (C=O) groups is 2. The molecule has 0 fully saturated rings. The lowest BCUT2D eigenvalue weighted by Crippen LogP contribution is -2.40. The molecule has 10 heteroatoms. The highest BCUT2D eigenvalue weighted by atomic mass is 19.4. The molecule has 0 aromatic heterocycles. The Morgan fingerprint density at radius 3 is 1.40 bits per heavy atom. The Bertz CT molecular complexity index is 1010. The van der Waals surface area contributed by atoms with Gasteiger partial charge in [0.15, 0.2) is 0 Å². The predicted molar refractivity (Wildman–Crippen MR) is 121 cm³/mol. The monoisotopic (exact) mass is 502 g/mol. The summed E-state index contributed by atoms with van der Waals surface area (Å²) < 4.78 is 79.3. The molecule has 0 radical (unpaired) electrons. The number of rotatable bonds is 4. The highest BCUT2D eigenvalue weighted by molar-refractivity contribution is 6.02. The summed E-state index contributed by atoms with van der Waals surface area (Å²) in [4.78, 5) is 27.3. The lowest BCUT2D eigenvalue weighted by atomic mass is 9.77. The molecule has 0 atom stereocenters. The first kappa shape index (κ1) is 26.8. The molecule has 0 saturated carbocycles. The summed E-state index contributed by atoms with van der Waals surface area (Å²) >= 11 is 0. The van der Waals surface area contributed by atoms with Gasteiger partial charge in [0.2, 0.25) is 0 Å². The number of allylic oxidation sites excluding steroid dienone is 2. The standard InChI is InChI=1S/C25H28F6N2O2/c1-15-18(32-11-9-22(2,3)16(13-32)20(34)24(26,27)28)7-6-8-19(15)33-12-10-23(4,5)17(14-33)21(35)25(29,30)31/h6-8,13-14H,9-12H2,1-5H3. The maximum absolute atomic E-state index is 13.2. The summed E-state index contributed by atoms with van der Waals surface area (Å²) in [5.41, 5.74) is -0.958. The number of hydrogen-bond acceptors (Lipinski definition) is 4. The van der Waals surface area contributed by atoms with Crippen molar-refractivity contribution in [3.05, 3.63) is 47.3 Å². The topological polar surface area (TPSA) is 40.6 Å². The first-order chi connectivity index (χ1) is 15.9. The van der Waals surface area contributed by atoms with E-state index in [9.17, 15) is 35.9 Å². The fourth-order valence-corrected chi connectivity index (χ4v) is 4.51. The van der Waals surface area contributed by atoms with Crippen LogP contribution in [0.5, 0.6) is 0 Å². The van der Waals surface area contributed by atoms with E-state index in [1.807, 2.05) is 0 Å². The Hall–Kier alpha value is -2.78. The summed E-state index contributed by atoms with van der Waals surface area (Å²) in [5, 5.41) is 0. The molecule has 4 nitrogen and oxygen atoms in total. The lowest BCUT2D eigenvalue weighted by molar-refractivity contribution is -0.167. The Kier molecular flexibility index (Phi) is 6.67. The maximum Gasteiger partial charge on any atom is 0.454 e. The van der Waals surface area contributed by atoms with Crippen molar-refractivity contribution in [1.29, 1.82) is 0 Å². The van der Waals surface area contributed by atoms with Crippen LogP contribution in [-0.2, 0) is 9.59 Å². The van der Waals surface area contributed by atoms with E-state index in [0.717, 1.165) is 0 Å². The van der Waals surface area contributed by atoms with Crippen molar-refractivity contribution in [2.24, 2.45) is 10.8 Å². The molecule has 0 unspecified atom stereocenters. The van der Waals surface area contributed by atoms with E-state index in [1.165, 1.54) is 12.4 Å². The molecule has 1 aromatic rings. The quantitative estimate of drug-likeness (QED) is 0.441. The van der Waals surface area contributed by atoms with Gasteiger partial charge in [0.1, 0.15) is 0 Å². The predicted octanol–water partition coefficient (Wildman–Crippen LogP) is 6.50. The lowest BCUT2D eigenvalue weighted by Gasteiger charge is -2.39. The minimum atomic E-state index is -5.00. The smallest absolute Gasteiger partial charge is 0.347 e. The van der Waals surface area contributed by atoms with Crippen LogP contribution in [0.2, 0.25) is 0 Å². The first-order valence-corrected chi connectivity index (χ1v) is 11.2. The Labute approximate surface area is 200 Å². The van der Waals surface area contributed by atoms with Crippen LogP contribution in [0.25, 0.3) is 0 Å². The highest BCUT2D eigenvalue weighted by Crippen LogP contribution is 2.43. The van der Waals surface area contributed by atoms with E-state index in [1.54, 1.807) is 62.6 Å².